The highest BCUT2D eigenvalue weighted by molar-refractivity contribution is 5.84. The zero-order valence-corrected chi connectivity index (χ0v) is 8.51. The summed E-state index contributed by atoms with van der Waals surface area (Å²) in [6.45, 7) is 0. The van der Waals surface area contributed by atoms with Crippen LogP contribution in [0.15, 0.2) is 12.2 Å². The standard InChI is InChI=1S/C10H12O5/c1-13-9(11)7-5-3-4-6(15-5)8(7)10(12)14-2/h3-8H,1-2H3/t5?,6?,7-,8+. The molecule has 0 saturated carbocycles. The molecule has 5 heteroatoms. The molecule has 1 saturated heterocycles. The second kappa shape index (κ2) is 3.66. The molecule has 1 fully saturated rings. The fourth-order valence-corrected chi connectivity index (χ4v) is 2.14. The normalized spacial score (nSPS) is 36.7. The lowest BCUT2D eigenvalue weighted by Gasteiger charge is -2.20. The molecule has 0 amide bonds. The topological polar surface area (TPSA) is 61.8 Å². The van der Waals surface area contributed by atoms with E-state index in [1.54, 1.807) is 12.2 Å². The summed E-state index contributed by atoms with van der Waals surface area (Å²) in [5.74, 6) is -2.00. The molecular weight excluding hydrogens is 200 g/mol. The van der Waals surface area contributed by atoms with Crippen molar-refractivity contribution in [3.63, 3.8) is 0 Å². The van der Waals surface area contributed by atoms with Gasteiger partial charge in [-0.3, -0.25) is 9.59 Å². The number of methoxy groups -OCH3 is 2. The SMILES string of the molecule is COC(=O)[C@@H]1C2C=CC(O2)[C@@H]1C(=O)OC. The van der Waals surface area contributed by atoms with Gasteiger partial charge in [-0.1, -0.05) is 12.2 Å². The van der Waals surface area contributed by atoms with Crippen molar-refractivity contribution < 1.29 is 23.8 Å². The molecule has 0 aliphatic carbocycles. The van der Waals surface area contributed by atoms with E-state index in [2.05, 4.69) is 9.47 Å². The van der Waals surface area contributed by atoms with Gasteiger partial charge in [0.05, 0.1) is 26.4 Å². The third kappa shape index (κ3) is 1.43. The van der Waals surface area contributed by atoms with Gasteiger partial charge < -0.3 is 14.2 Å². The minimum Gasteiger partial charge on any atom is -0.469 e. The van der Waals surface area contributed by atoms with Crippen LogP contribution in [0.1, 0.15) is 0 Å². The molecule has 0 N–H and O–H groups in total. The van der Waals surface area contributed by atoms with E-state index in [1.807, 2.05) is 0 Å². The van der Waals surface area contributed by atoms with E-state index in [-0.39, 0.29) is 12.2 Å². The highest BCUT2D eigenvalue weighted by atomic mass is 16.6. The molecule has 2 aliphatic rings. The first-order valence-corrected chi connectivity index (χ1v) is 4.68. The fraction of sp³-hybridized carbons (Fsp3) is 0.600. The van der Waals surface area contributed by atoms with Crippen LogP contribution in [0.4, 0.5) is 0 Å². The van der Waals surface area contributed by atoms with Gasteiger partial charge in [0.15, 0.2) is 0 Å². The van der Waals surface area contributed by atoms with E-state index < -0.39 is 23.8 Å². The van der Waals surface area contributed by atoms with Crippen molar-refractivity contribution in [2.24, 2.45) is 11.8 Å². The average Bonchev–Trinajstić information content (AvgIpc) is 2.86. The summed E-state index contributed by atoms with van der Waals surface area (Å²) in [6, 6.07) is 0. The molecule has 2 aliphatic heterocycles. The number of hydrogen-bond acceptors (Lipinski definition) is 5. The summed E-state index contributed by atoms with van der Waals surface area (Å²) >= 11 is 0. The second-order valence-electron chi connectivity index (χ2n) is 3.55. The molecule has 15 heavy (non-hydrogen) atoms. The van der Waals surface area contributed by atoms with Gasteiger partial charge in [-0.25, -0.2) is 0 Å². The number of fused-ring (bicyclic) bond motifs is 2. The number of carbonyl (C=O) groups is 2. The van der Waals surface area contributed by atoms with Crippen molar-refractivity contribution in [3.8, 4) is 0 Å². The van der Waals surface area contributed by atoms with Crippen molar-refractivity contribution in [2.45, 2.75) is 12.2 Å². The van der Waals surface area contributed by atoms with Gasteiger partial charge in [0.2, 0.25) is 0 Å². The van der Waals surface area contributed by atoms with E-state index in [4.69, 9.17) is 4.74 Å². The van der Waals surface area contributed by atoms with Crippen LogP contribution in [-0.4, -0.2) is 38.4 Å². The van der Waals surface area contributed by atoms with E-state index in [0.29, 0.717) is 0 Å². The molecule has 0 aromatic heterocycles. The van der Waals surface area contributed by atoms with E-state index >= 15 is 0 Å². The van der Waals surface area contributed by atoms with Crippen molar-refractivity contribution in [3.05, 3.63) is 12.2 Å². The lowest BCUT2D eigenvalue weighted by molar-refractivity contribution is -0.156. The Morgan fingerprint density at radius 1 is 1.00 bits per heavy atom. The number of ether oxygens (including phenoxy) is 3. The smallest absolute Gasteiger partial charge is 0.312 e. The lowest BCUT2D eigenvalue weighted by Crippen LogP contribution is -2.37. The van der Waals surface area contributed by atoms with Crippen LogP contribution in [0.25, 0.3) is 0 Å². The van der Waals surface area contributed by atoms with Gasteiger partial charge in [-0.15, -0.1) is 0 Å². The van der Waals surface area contributed by atoms with Crippen LogP contribution in [0.5, 0.6) is 0 Å². The minimum atomic E-state index is -0.572. The molecule has 0 radical (unpaired) electrons. The zero-order valence-electron chi connectivity index (χ0n) is 8.51. The van der Waals surface area contributed by atoms with Gasteiger partial charge in [-0.2, -0.15) is 0 Å². The van der Waals surface area contributed by atoms with Crippen molar-refractivity contribution in [1.82, 2.24) is 0 Å². The van der Waals surface area contributed by atoms with E-state index in [0.717, 1.165) is 0 Å². The third-order valence-corrected chi connectivity index (χ3v) is 2.85. The minimum absolute atomic E-state index is 0.355. The molecule has 0 spiro atoms. The van der Waals surface area contributed by atoms with Crippen LogP contribution < -0.4 is 0 Å². The van der Waals surface area contributed by atoms with E-state index in [1.165, 1.54) is 14.2 Å². The first kappa shape index (κ1) is 10.2. The number of carbonyl (C=O) groups excluding carboxylic acids is 2. The van der Waals surface area contributed by atoms with Crippen molar-refractivity contribution in [1.29, 1.82) is 0 Å². The first-order chi connectivity index (χ1) is 7.19. The van der Waals surface area contributed by atoms with Crippen molar-refractivity contribution >= 4 is 11.9 Å². The molecule has 5 nitrogen and oxygen atoms in total. The summed E-state index contributed by atoms with van der Waals surface area (Å²) in [5, 5.41) is 0. The highest BCUT2D eigenvalue weighted by Crippen LogP contribution is 2.40. The number of esters is 2. The molecule has 2 heterocycles. The van der Waals surface area contributed by atoms with Crippen LogP contribution in [0.2, 0.25) is 0 Å². The molecular formula is C10H12O5. The Morgan fingerprint density at radius 3 is 1.73 bits per heavy atom. The summed E-state index contributed by atoms with van der Waals surface area (Å²) in [5.41, 5.74) is 0. The maximum atomic E-state index is 11.5. The van der Waals surface area contributed by atoms with Crippen LogP contribution >= 0.6 is 0 Å². The van der Waals surface area contributed by atoms with Gasteiger partial charge in [-0.05, 0) is 0 Å². The quantitative estimate of drug-likeness (QED) is 0.472. The van der Waals surface area contributed by atoms with Gasteiger partial charge in [0.1, 0.15) is 11.8 Å². The predicted octanol–water partition coefficient (Wildman–Crippen LogP) is -0.0980. The third-order valence-electron chi connectivity index (χ3n) is 2.85. The zero-order chi connectivity index (χ0) is 11.0. The molecule has 4 atom stereocenters. The summed E-state index contributed by atoms with van der Waals surface area (Å²) in [6.07, 6.45) is 2.86. The number of hydrogen-bond donors (Lipinski definition) is 0. The fourth-order valence-electron chi connectivity index (χ4n) is 2.14. The summed E-state index contributed by atoms with van der Waals surface area (Å²) in [7, 11) is 2.60. The average molecular weight is 212 g/mol. The Labute approximate surface area is 87.0 Å². The monoisotopic (exact) mass is 212 g/mol. The molecule has 2 rings (SSSR count). The Bertz CT molecular complexity index is 292. The maximum Gasteiger partial charge on any atom is 0.312 e. The Hall–Kier alpha value is -1.36. The molecule has 0 aromatic rings. The van der Waals surface area contributed by atoms with Gasteiger partial charge in [0.25, 0.3) is 0 Å². The van der Waals surface area contributed by atoms with Gasteiger partial charge >= 0.3 is 11.9 Å². The predicted molar refractivity (Wildman–Crippen MR) is 48.8 cm³/mol. The van der Waals surface area contributed by atoms with Crippen molar-refractivity contribution in [2.75, 3.05) is 14.2 Å². The maximum absolute atomic E-state index is 11.5. The molecule has 2 bridgehead atoms. The Kier molecular flexibility index (Phi) is 2.48. The second-order valence-corrected chi connectivity index (χ2v) is 3.55. The van der Waals surface area contributed by atoms with Crippen LogP contribution in [0, 0.1) is 11.8 Å². The van der Waals surface area contributed by atoms with E-state index in [9.17, 15) is 9.59 Å². The highest BCUT2D eigenvalue weighted by Gasteiger charge is 2.54. The number of rotatable bonds is 2. The first-order valence-electron chi connectivity index (χ1n) is 4.68. The lowest BCUT2D eigenvalue weighted by atomic mass is 9.83. The van der Waals surface area contributed by atoms with Crippen LogP contribution in [-0.2, 0) is 23.8 Å². The molecule has 0 aromatic carbocycles. The van der Waals surface area contributed by atoms with Gasteiger partial charge in [0, 0.05) is 0 Å². The molecule has 82 valence electrons. The summed E-state index contributed by atoms with van der Waals surface area (Å²) < 4.78 is 14.7. The Balaban J connectivity index is 2.24. The van der Waals surface area contributed by atoms with Crippen LogP contribution in [0.3, 0.4) is 0 Å². The summed E-state index contributed by atoms with van der Waals surface area (Å²) in [4.78, 5) is 23.0. The Morgan fingerprint density at radius 2 is 1.40 bits per heavy atom. The largest absolute Gasteiger partial charge is 0.469 e. The molecule has 2 unspecified atom stereocenters.